The highest BCUT2D eigenvalue weighted by atomic mass is 16.7. The highest BCUT2D eigenvalue weighted by molar-refractivity contribution is 5.95. The minimum Gasteiger partial charge on any atom is -0.347 e. The Hall–Kier alpha value is -2.18. The first kappa shape index (κ1) is 17.0. The van der Waals surface area contributed by atoms with Gasteiger partial charge in [0, 0.05) is 31.8 Å². The highest BCUT2D eigenvalue weighted by Gasteiger charge is 2.42. The van der Waals surface area contributed by atoms with Crippen molar-refractivity contribution in [3.8, 4) is 5.69 Å². The Labute approximate surface area is 159 Å². The summed E-state index contributed by atoms with van der Waals surface area (Å²) in [5.74, 6) is 0.0646. The Morgan fingerprint density at radius 2 is 1.85 bits per heavy atom. The lowest BCUT2D eigenvalue weighted by Gasteiger charge is -2.37. The summed E-state index contributed by atoms with van der Waals surface area (Å²) in [5.41, 5.74) is 4.05. The van der Waals surface area contributed by atoms with Crippen LogP contribution >= 0.6 is 0 Å². The SMILES string of the molecule is Cc1ccccc1-n1ncc(C(=O)N2CCC3(CC2)OCCO3)c1C1CC1. The van der Waals surface area contributed by atoms with Crippen LogP contribution in [0.3, 0.4) is 0 Å². The lowest BCUT2D eigenvalue weighted by Crippen LogP contribution is -2.47. The number of hydrogen-bond acceptors (Lipinski definition) is 4. The van der Waals surface area contributed by atoms with Gasteiger partial charge in [-0.25, -0.2) is 4.68 Å². The van der Waals surface area contributed by atoms with E-state index in [1.165, 1.54) is 0 Å². The Balaban J connectivity index is 1.42. The van der Waals surface area contributed by atoms with E-state index in [1.54, 1.807) is 6.20 Å². The van der Waals surface area contributed by atoms with Gasteiger partial charge in [-0.3, -0.25) is 4.79 Å². The minimum atomic E-state index is -0.457. The molecule has 1 amide bonds. The normalized spacial score (nSPS) is 21.7. The molecule has 2 saturated heterocycles. The lowest BCUT2D eigenvalue weighted by molar-refractivity contribution is -0.181. The Morgan fingerprint density at radius 3 is 2.52 bits per heavy atom. The molecule has 1 aromatic carbocycles. The molecule has 1 saturated carbocycles. The summed E-state index contributed by atoms with van der Waals surface area (Å²) in [6, 6.07) is 8.21. The zero-order valence-corrected chi connectivity index (χ0v) is 15.7. The fourth-order valence-corrected chi connectivity index (χ4v) is 4.27. The summed E-state index contributed by atoms with van der Waals surface area (Å²) in [7, 11) is 0. The topological polar surface area (TPSA) is 56.6 Å². The molecule has 3 fully saturated rings. The molecule has 6 heteroatoms. The monoisotopic (exact) mass is 367 g/mol. The molecule has 0 radical (unpaired) electrons. The van der Waals surface area contributed by atoms with Crippen LogP contribution in [0.1, 0.15) is 53.2 Å². The van der Waals surface area contributed by atoms with Gasteiger partial charge < -0.3 is 14.4 Å². The summed E-state index contributed by atoms with van der Waals surface area (Å²) >= 11 is 0. The quantitative estimate of drug-likeness (QED) is 0.837. The molecule has 3 heterocycles. The highest BCUT2D eigenvalue weighted by Crippen LogP contribution is 2.43. The summed E-state index contributed by atoms with van der Waals surface area (Å²) in [4.78, 5) is 15.2. The smallest absolute Gasteiger partial charge is 0.257 e. The number of hydrogen-bond donors (Lipinski definition) is 0. The number of carbonyl (C=O) groups excluding carboxylic acids is 1. The van der Waals surface area contributed by atoms with E-state index in [0.717, 1.165) is 48.2 Å². The molecule has 0 atom stereocenters. The van der Waals surface area contributed by atoms with Gasteiger partial charge in [0.1, 0.15) is 0 Å². The molecule has 2 aliphatic heterocycles. The van der Waals surface area contributed by atoms with Gasteiger partial charge in [0.15, 0.2) is 5.79 Å². The van der Waals surface area contributed by atoms with E-state index in [-0.39, 0.29) is 5.91 Å². The molecular weight excluding hydrogens is 342 g/mol. The van der Waals surface area contributed by atoms with Gasteiger partial charge in [0.25, 0.3) is 5.91 Å². The molecule has 0 N–H and O–H groups in total. The van der Waals surface area contributed by atoms with Gasteiger partial charge in [-0.05, 0) is 31.4 Å². The Morgan fingerprint density at radius 1 is 1.15 bits per heavy atom. The number of benzene rings is 1. The largest absolute Gasteiger partial charge is 0.347 e. The first-order valence-corrected chi connectivity index (χ1v) is 9.88. The van der Waals surface area contributed by atoms with Gasteiger partial charge in [0.05, 0.1) is 36.4 Å². The Kier molecular flexibility index (Phi) is 4.06. The van der Waals surface area contributed by atoms with Gasteiger partial charge in [-0.15, -0.1) is 0 Å². The fourth-order valence-electron chi connectivity index (χ4n) is 4.27. The van der Waals surface area contributed by atoms with Crippen LogP contribution < -0.4 is 0 Å². The maximum absolute atomic E-state index is 13.3. The molecule has 5 rings (SSSR count). The molecule has 1 aliphatic carbocycles. The van der Waals surface area contributed by atoms with Crippen molar-refractivity contribution in [3.05, 3.63) is 47.3 Å². The van der Waals surface area contributed by atoms with Gasteiger partial charge >= 0.3 is 0 Å². The van der Waals surface area contributed by atoms with E-state index in [4.69, 9.17) is 9.47 Å². The summed E-state index contributed by atoms with van der Waals surface area (Å²) in [6.45, 7) is 4.73. The summed E-state index contributed by atoms with van der Waals surface area (Å²) in [5, 5.41) is 4.62. The van der Waals surface area contributed by atoms with Crippen molar-refractivity contribution < 1.29 is 14.3 Å². The van der Waals surface area contributed by atoms with Gasteiger partial charge in [-0.2, -0.15) is 5.10 Å². The van der Waals surface area contributed by atoms with Crippen LogP contribution in [0.15, 0.2) is 30.5 Å². The van der Waals surface area contributed by atoms with E-state index in [2.05, 4.69) is 24.2 Å². The minimum absolute atomic E-state index is 0.0876. The average Bonchev–Trinajstić information content (AvgIpc) is 3.27. The van der Waals surface area contributed by atoms with Crippen molar-refractivity contribution in [2.75, 3.05) is 26.3 Å². The average molecular weight is 367 g/mol. The van der Waals surface area contributed by atoms with E-state index in [9.17, 15) is 4.79 Å². The molecule has 0 bridgehead atoms. The second-order valence-electron chi connectivity index (χ2n) is 7.82. The van der Waals surface area contributed by atoms with E-state index in [0.29, 0.717) is 32.2 Å². The van der Waals surface area contributed by atoms with Crippen molar-refractivity contribution in [3.63, 3.8) is 0 Å². The maximum Gasteiger partial charge on any atom is 0.257 e. The van der Waals surface area contributed by atoms with Crippen molar-refractivity contribution in [2.45, 2.75) is 44.3 Å². The number of amides is 1. The zero-order valence-electron chi connectivity index (χ0n) is 15.7. The van der Waals surface area contributed by atoms with Crippen LogP contribution in [0.4, 0.5) is 0 Å². The summed E-state index contributed by atoms with van der Waals surface area (Å²) < 4.78 is 13.6. The van der Waals surface area contributed by atoms with Gasteiger partial charge in [-0.1, -0.05) is 18.2 Å². The van der Waals surface area contributed by atoms with E-state index in [1.807, 2.05) is 21.7 Å². The number of aryl methyl sites for hydroxylation is 1. The van der Waals surface area contributed by atoms with Crippen LogP contribution in [-0.4, -0.2) is 52.7 Å². The standard InChI is InChI=1S/C21H25N3O3/c1-15-4-2-3-5-18(15)24-19(16-6-7-16)17(14-22-24)20(25)23-10-8-21(9-11-23)26-12-13-27-21/h2-5,14,16H,6-13H2,1H3. The van der Waals surface area contributed by atoms with Crippen LogP contribution in [0.2, 0.25) is 0 Å². The van der Waals surface area contributed by atoms with Crippen LogP contribution in [0.5, 0.6) is 0 Å². The lowest BCUT2D eigenvalue weighted by atomic mass is 10.0. The van der Waals surface area contributed by atoms with Gasteiger partial charge in [0.2, 0.25) is 0 Å². The van der Waals surface area contributed by atoms with Crippen molar-refractivity contribution in [1.29, 1.82) is 0 Å². The fraction of sp³-hybridized carbons (Fsp3) is 0.524. The number of likely N-dealkylation sites (tertiary alicyclic amines) is 1. The number of aromatic nitrogens is 2. The molecule has 2 aromatic rings. The number of para-hydroxylation sites is 1. The van der Waals surface area contributed by atoms with Crippen LogP contribution in [-0.2, 0) is 9.47 Å². The van der Waals surface area contributed by atoms with E-state index < -0.39 is 5.79 Å². The zero-order chi connectivity index (χ0) is 18.4. The first-order chi connectivity index (χ1) is 13.2. The van der Waals surface area contributed by atoms with Crippen LogP contribution in [0.25, 0.3) is 5.69 Å². The number of rotatable bonds is 3. The number of piperidine rings is 1. The second kappa shape index (κ2) is 6.46. The molecular formula is C21H25N3O3. The van der Waals surface area contributed by atoms with Crippen LogP contribution in [0, 0.1) is 6.92 Å². The third kappa shape index (κ3) is 2.97. The molecule has 1 aromatic heterocycles. The Bertz CT molecular complexity index is 855. The third-order valence-corrected chi connectivity index (χ3v) is 5.97. The van der Waals surface area contributed by atoms with Crippen molar-refractivity contribution >= 4 is 5.91 Å². The van der Waals surface area contributed by atoms with E-state index >= 15 is 0 Å². The molecule has 6 nitrogen and oxygen atoms in total. The molecule has 1 spiro atoms. The number of nitrogens with zero attached hydrogens (tertiary/aromatic N) is 3. The summed E-state index contributed by atoms with van der Waals surface area (Å²) in [6.07, 6.45) is 5.49. The first-order valence-electron chi connectivity index (χ1n) is 9.88. The second-order valence-corrected chi connectivity index (χ2v) is 7.82. The van der Waals surface area contributed by atoms with Crippen molar-refractivity contribution in [2.24, 2.45) is 0 Å². The molecule has 27 heavy (non-hydrogen) atoms. The van der Waals surface area contributed by atoms with Crippen molar-refractivity contribution in [1.82, 2.24) is 14.7 Å². The third-order valence-electron chi connectivity index (χ3n) is 5.97. The number of ether oxygens (including phenoxy) is 2. The molecule has 0 unspecified atom stereocenters. The predicted molar refractivity (Wildman–Crippen MR) is 100 cm³/mol. The molecule has 142 valence electrons. The maximum atomic E-state index is 13.3. The predicted octanol–water partition coefficient (Wildman–Crippen LogP) is 3.04. The molecule has 3 aliphatic rings. The number of carbonyl (C=O) groups is 1.